The predicted octanol–water partition coefficient (Wildman–Crippen LogP) is 1.69. The molecule has 23 heavy (non-hydrogen) atoms. The number of imide groups is 1. The smallest absolute Gasteiger partial charge is 0.242 e. The number of fused-ring (bicyclic) bond motifs is 5. The molecule has 1 aliphatic heterocycles. The molecule has 1 saturated heterocycles. The van der Waals surface area contributed by atoms with E-state index >= 15 is 0 Å². The van der Waals surface area contributed by atoms with Crippen LogP contribution in [0.5, 0.6) is 0 Å². The molecule has 5 heteroatoms. The summed E-state index contributed by atoms with van der Waals surface area (Å²) in [5.74, 6) is -0.126. The Morgan fingerprint density at radius 2 is 1.70 bits per heavy atom. The van der Waals surface area contributed by atoms with Crippen LogP contribution < -0.4 is 0 Å². The summed E-state index contributed by atoms with van der Waals surface area (Å²) in [4.78, 5) is 40.9. The molecule has 0 N–H and O–H groups in total. The molecule has 5 atom stereocenters. The molecule has 3 amide bonds. The lowest BCUT2D eigenvalue weighted by atomic mass is 9.85. The summed E-state index contributed by atoms with van der Waals surface area (Å²) in [5.41, 5.74) is 0. The number of carbonyl (C=O) groups excluding carboxylic acids is 3. The third-order valence-corrected chi connectivity index (χ3v) is 5.97. The van der Waals surface area contributed by atoms with Crippen LogP contribution in [-0.4, -0.2) is 46.7 Å². The molecule has 5 nitrogen and oxygen atoms in total. The van der Waals surface area contributed by atoms with E-state index in [-0.39, 0.29) is 54.0 Å². The summed E-state index contributed by atoms with van der Waals surface area (Å²) in [7, 11) is 0. The van der Waals surface area contributed by atoms with Crippen molar-refractivity contribution in [2.24, 2.45) is 29.6 Å². The summed E-state index contributed by atoms with van der Waals surface area (Å²) < 4.78 is 0. The summed E-state index contributed by atoms with van der Waals surface area (Å²) in [5, 5.41) is 0. The lowest BCUT2D eigenvalue weighted by Gasteiger charge is -2.32. The van der Waals surface area contributed by atoms with Gasteiger partial charge in [0, 0.05) is 12.6 Å². The summed E-state index contributed by atoms with van der Waals surface area (Å²) in [6.45, 7) is 8.58. The molecular formula is C18H26N2O3. The summed E-state index contributed by atoms with van der Waals surface area (Å²) in [6, 6.07) is 0.0951. The van der Waals surface area contributed by atoms with Crippen molar-refractivity contribution in [1.29, 1.82) is 0 Å². The van der Waals surface area contributed by atoms with Gasteiger partial charge in [-0.3, -0.25) is 19.3 Å². The fourth-order valence-electron chi connectivity index (χ4n) is 4.40. The van der Waals surface area contributed by atoms with Crippen LogP contribution in [0, 0.1) is 29.6 Å². The normalized spacial score (nSPS) is 32.8. The van der Waals surface area contributed by atoms with Gasteiger partial charge in [0.25, 0.3) is 0 Å². The highest BCUT2D eigenvalue weighted by Gasteiger charge is 2.59. The van der Waals surface area contributed by atoms with Crippen molar-refractivity contribution in [3.8, 4) is 0 Å². The predicted molar refractivity (Wildman–Crippen MR) is 86.1 cm³/mol. The second-order valence-electron chi connectivity index (χ2n) is 7.43. The van der Waals surface area contributed by atoms with Crippen molar-refractivity contribution in [1.82, 2.24) is 9.80 Å². The Morgan fingerprint density at radius 1 is 1.17 bits per heavy atom. The average molecular weight is 318 g/mol. The van der Waals surface area contributed by atoms with Crippen molar-refractivity contribution in [3.63, 3.8) is 0 Å². The van der Waals surface area contributed by atoms with E-state index in [2.05, 4.69) is 26.0 Å². The van der Waals surface area contributed by atoms with E-state index in [0.29, 0.717) is 12.5 Å². The van der Waals surface area contributed by atoms with E-state index in [1.165, 1.54) is 4.90 Å². The minimum absolute atomic E-state index is 0.0951. The van der Waals surface area contributed by atoms with Crippen molar-refractivity contribution in [2.75, 3.05) is 13.1 Å². The van der Waals surface area contributed by atoms with Gasteiger partial charge in [0.2, 0.25) is 17.7 Å². The molecule has 1 saturated carbocycles. The Kier molecular flexibility index (Phi) is 4.07. The third-order valence-electron chi connectivity index (χ3n) is 5.97. The maximum absolute atomic E-state index is 12.6. The number of nitrogens with zero attached hydrogens (tertiary/aromatic N) is 2. The molecule has 0 radical (unpaired) electrons. The van der Waals surface area contributed by atoms with E-state index in [0.717, 1.165) is 6.42 Å². The number of likely N-dealkylation sites (tertiary alicyclic amines) is 1. The first-order valence-electron chi connectivity index (χ1n) is 8.69. The van der Waals surface area contributed by atoms with Gasteiger partial charge in [-0.15, -0.1) is 0 Å². The SMILES string of the molecule is CCN(C(=O)CN1C(=O)C2C3C=CC(C3)C2C1=O)C(C)C(C)C. The molecule has 2 fully saturated rings. The van der Waals surface area contributed by atoms with Crippen LogP contribution in [-0.2, 0) is 14.4 Å². The number of hydrogen-bond acceptors (Lipinski definition) is 3. The van der Waals surface area contributed by atoms with Gasteiger partial charge in [-0.05, 0) is 38.0 Å². The van der Waals surface area contributed by atoms with Crippen LogP contribution in [0.25, 0.3) is 0 Å². The van der Waals surface area contributed by atoms with Crippen LogP contribution >= 0.6 is 0 Å². The first kappa shape index (κ1) is 16.2. The second kappa shape index (κ2) is 5.77. The Morgan fingerprint density at radius 3 is 2.13 bits per heavy atom. The van der Waals surface area contributed by atoms with E-state index in [1.807, 2.05) is 13.8 Å². The van der Waals surface area contributed by atoms with Gasteiger partial charge < -0.3 is 4.90 Å². The van der Waals surface area contributed by atoms with E-state index in [4.69, 9.17) is 0 Å². The number of carbonyl (C=O) groups is 3. The average Bonchev–Trinajstić information content (AvgIpc) is 3.17. The van der Waals surface area contributed by atoms with Gasteiger partial charge in [-0.1, -0.05) is 26.0 Å². The van der Waals surface area contributed by atoms with Gasteiger partial charge in [0.15, 0.2) is 0 Å². The highest BCUT2D eigenvalue weighted by atomic mass is 16.2. The molecular weight excluding hydrogens is 292 g/mol. The summed E-state index contributed by atoms with van der Waals surface area (Å²) >= 11 is 0. The third kappa shape index (κ3) is 2.41. The van der Waals surface area contributed by atoms with E-state index in [9.17, 15) is 14.4 Å². The number of rotatable bonds is 5. The monoisotopic (exact) mass is 318 g/mol. The molecule has 3 rings (SSSR count). The van der Waals surface area contributed by atoms with Crippen LogP contribution in [0.3, 0.4) is 0 Å². The highest BCUT2D eigenvalue weighted by Crippen LogP contribution is 2.52. The maximum Gasteiger partial charge on any atom is 0.242 e. The summed E-state index contributed by atoms with van der Waals surface area (Å²) in [6.07, 6.45) is 5.06. The van der Waals surface area contributed by atoms with Crippen molar-refractivity contribution in [2.45, 2.75) is 40.2 Å². The van der Waals surface area contributed by atoms with E-state index < -0.39 is 0 Å². The van der Waals surface area contributed by atoms with Gasteiger partial charge in [0.05, 0.1) is 11.8 Å². The minimum Gasteiger partial charge on any atom is -0.338 e. The van der Waals surface area contributed by atoms with Gasteiger partial charge >= 0.3 is 0 Å². The van der Waals surface area contributed by atoms with E-state index in [1.54, 1.807) is 4.90 Å². The lowest BCUT2D eigenvalue weighted by molar-refractivity contribution is -0.148. The molecule has 5 unspecified atom stereocenters. The minimum atomic E-state index is -0.220. The molecule has 3 aliphatic rings. The van der Waals surface area contributed by atoms with Crippen molar-refractivity contribution in [3.05, 3.63) is 12.2 Å². The first-order valence-corrected chi connectivity index (χ1v) is 8.69. The Labute approximate surface area is 137 Å². The molecule has 2 aliphatic carbocycles. The van der Waals surface area contributed by atoms with Crippen LogP contribution in [0.1, 0.15) is 34.1 Å². The molecule has 0 spiro atoms. The quantitative estimate of drug-likeness (QED) is 0.572. The standard InChI is InChI=1S/C18H26N2O3/c1-5-19(11(4)10(2)3)14(21)9-20-17(22)15-12-6-7-13(8-12)16(15)18(20)23/h6-7,10-13,15-16H,5,8-9H2,1-4H3. The number of allylic oxidation sites excluding steroid dienone is 2. The zero-order valence-corrected chi connectivity index (χ0v) is 14.4. The maximum atomic E-state index is 12.6. The fourth-order valence-corrected chi connectivity index (χ4v) is 4.40. The Hall–Kier alpha value is -1.65. The van der Waals surface area contributed by atoms with Crippen molar-refractivity contribution >= 4 is 17.7 Å². The highest BCUT2D eigenvalue weighted by molar-refractivity contribution is 6.08. The fraction of sp³-hybridized carbons (Fsp3) is 0.722. The molecule has 0 aromatic carbocycles. The zero-order valence-electron chi connectivity index (χ0n) is 14.4. The molecule has 1 heterocycles. The van der Waals surface area contributed by atoms with Gasteiger partial charge in [0.1, 0.15) is 6.54 Å². The lowest BCUT2D eigenvalue weighted by Crippen LogP contribution is -2.48. The molecule has 2 bridgehead atoms. The topological polar surface area (TPSA) is 57.7 Å². The van der Waals surface area contributed by atoms with Crippen molar-refractivity contribution < 1.29 is 14.4 Å². The number of hydrogen-bond donors (Lipinski definition) is 0. The van der Waals surface area contributed by atoms with Crippen LogP contribution in [0.4, 0.5) is 0 Å². The molecule has 0 aromatic heterocycles. The Bertz CT molecular complexity index is 539. The zero-order chi connectivity index (χ0) is 16.9. The number of amides is 3. The van der Waals surface area contributed by atoms with Crippen LogP contribution in [0.15, 0.2) is 12.2 Å². The molecule has 126 valence electrons. The Balaban J connectivity index is 1.72. The van der Waals surface area contributed by atoms with Gasteiger partial charge in [-0.2, -0.15) is 0 Å². The largest absolute Gasteiger partial charge is 0.338 e. The number of likely N-dealkylation sites (N-methyl/N-ethyl adjacent to an activating group) is 1. The second-order valence-corrected chi connectivity index (χ2v) is 7.43. The molecule has 0 aromatic rings. The first-order chi connectivity index (χ1) is 10.9. The van der Waals surface area contributed by atoms with Crippen LogP contribution in [0.2, 0.25) is 0 Å². The van der Waals surface area contributed by atoms with Gasteiger partial charge in [-0.25, -0.2) is 0 Å².